The summed E-state index contributed by atoms with van der Waals surface area (Å²) in [4.78, 5) is 2.75. The van der Waals surface area contributed by atoms with Crippen molar-refractivity contribution in [1.82, 2.24) is 0 Å². The van der Waals surface area contributed by atoms with E-state index in [9.17, 15) is 22.7 Å². The molecular weight excluding hydrogens is 336 g/mol. The van der Waals surface area contributed by atoms with Crippen LogP contribution in [0.3, 0.4) is 0 Å². The minimum Gasteiger partial charge on any atom is -0.360 e. The number of rotatable bonds is 3. The quantitative estimate of drug-likeness (QED) is 0.297. The molecule has 0 aromatic heterocycles. The van der Waals surface area contributed by atoms with E-state index in [1.807, 2.05) is 0 Å². The third-order valence-corrected chi connectivity index (χ3v) is 7.13. The highest BCUT2D eigenvalue weighted by atomic mass is 35.5. The minimum atomic E-state index is -4.17. The van der Waals surface area contributed by atoms with Crippen molar-refractivity contribution in [3.63, 3.8) is 0 Å². The van der Waals surface area contributed by atoms with Crippen molar-refractivity contribution in [2.75, 3.05) is 0 Å². The Labute approximate surface area is 130 Å². The monoisotopic (exact) mass is 348 g/mol. The summed E-state index contributed by atoms with van der Waals surface area (Å²) in [6.45, 7) is 0. The Morgan fingerprint density at radius 3 is 2.24 bits per heavy atom. The first-order valence-corrected chi connectivity index (χ1v) is 9.15. The molecule has 114 valence electrons. The second kappa shape index (κ2) is 5.98. The van der Waals surface area contributed by atoms with Crippen LogP contribution in [0.25, 0.3) is 5.53 Å². The molecule has 0 radical (unpaired) electrons. The molecule has 0 spiro atoms. The first-order chi connectivity index (χ1) is 9.84. The summed E-state index contributed by atoms with van der Waals surface area (Å²) < 4.78 is 44.9. The lowest BCUT2D eigenvalue weighted by Crippen LogP contribution is -2.45. The fourth-order valence-corrected chi connectivity index (χ4v) is 5.54. The Bertz CT molecular complexity index is 718. The number of hydrogen-bond donors (Lipinski definition) is 1. The first-order valence-electron chi connectivity index (χ1n) is 6.19. The van der Waals surface area contributed by atoms with E-state index in [1.54, 1.807) is 0 Å². The molecule has 1 aliphatic carbocycles. The van der Waals surface area contributed by atoms with Crippen molar-refractivity contribution >= 4 is 37.6 Å². The number of hydrogen-bond acceptors (Lipinski definition) is 3. The normalized spacial score (nSPS) is 19.0. The Balaban J connectivity index is 2.58. The van der Waals surface area contributed by atoms with Gasteiger partial charge in [0.25, 0.3) is 9.84 Å². The van der Waals surface area contributed by atoms with Crippen molar-refractivity contribution in [1.29, 1.82) is 0 Å². The van der Waals surface area contributed by atoms with Crippen LogP contribution in [0.4, 0.5) is 0 Å². The number of benzene rings is 1. The highest BCUT2D eigenvalue weighted by Crippen LogP contribution is 2.38. The molecule has 1 aromatic rings. The zero-order chi connectivity index (χ0) is 15.7. The van der Waals surface area contributed by atoms with Gasteiger partial charge in [-0.15, -0.1) is 0 Å². The van der Waals surface area contributed by atoms with E-state index in [0.29, 0.717) is 17.9 Å². The van der Waals surface area contributed by atoms with Gasteiger partial charge in [0, 0.05) is 5.02 Å². The van der Waals surface area contributed by atoms with Gasteiger partial charge in [-0.05, 0) is 37.1 Å². The number of nitrogens with zero attached hydrogens (tertiary/aromatic N) is 2. The second-order valence-corrected chi connectivity index (χ2v) is 8.39. The van der Waals surface area contributed by atoms with Gasteiger partial charge in [0.15, 0.2) is 15.8 Å². The van der Waals surface area contributed by atoms with Crippen LogP contribution >= 0.6 is 11.6 Å². The molecule has 1 N–H and O–H groups in total. The molecule has 0 saturated heterocycles. The highest BCUT2D eigenvalue weighted by molar-refractivity contribution is 8.08. The Kier molecular flexibility index (Phi) is 4.65. The van der Waals surface area contributed by atoms with Gasteiger partial charge in [-0.2, -0.15) is 4.79 Å². The third-order valence-electron chi connectivity index (χ3n) is 3.60. The molecule has 0 heterocycles. The Hall–Kier alpha value is -1.05. The van der Waals surface area contributed by atoms with Gasteiger partial charge in [0.05, 0.1) is 4.90 Å². The standard InChI is InChI=1S/C12H13ClN2O4S2/c13-9-3-5-10(6-4-9)21(18,19)11(15-14)12(20(16)17)7-1-2-8-12/h3-6H,1-2,7-8H2,(H,16,17). The molecule has 6 nitrogen and oxygen atoms in total. The third kappa shape index (κ3) is 2.82. The Morgan fingerprint density at radius 2 is 1.81 bits per heavy atom. The zero-order valence-electron chi connectivity index (χ0n) is 10.9. The predicted octanol–water partition coefficient (Wildman–Crippen LogP) is 2.28. The molecule has 1 fully saturated rings. The van der Waals surface area contributed by atoms with Crippen LogP contribution in [-0.4, -0.2) is 31.8 Å². The summed E-state index contributed by atoms with van der Waals surface area (Å²) >= 11 is 3.27. The van der Waals surface area contributed by atoms with Gasteiger partial charge >= 0.3 is 5.04 Å². The van der Waals surface area contributed by atoms with Crippen molar-refractivity contribution in [2.24, 2.45) is 0 Å². The maximum Gasteiger partial charge on any atom is 0.406 e. The maximum atomic E-state index is 12.6. The first kappa shape index (κ1) is 16.3. The molecule has 9 heteroatoms. The predicted molar refractivity (Wildman–Crippen MR) is 79.2 cm³/mol. The van der Waals surface area contributed by atoms with Crippen LogP contribution in [0.1, 0.15) is 25.7 Å². The van der Waals surface area contributed by atoms with Crippen molar-refractivity contribution < 1.29 is 22.0 Å². The fourth-order valence-electron chi connectivity index (χ4n) is 2.52. The van der Waals surface area contributed by atoms with Gasteiger partial charge in [0.2, 0.25) is 0 Å². The smallest absolute Gasteiger partial charge is 0.360 e. The van der Waals surface area contributed by atoms with Crippen LogP contribution in [0, 0.1) is 0 Å². The molecule has 0 amide bonds. The van der Waals surface area contributed by atoms with E-state index in [2.05, 4.69) is 4.79 Å². The summed E-state index contributed by atoms with van der Waals surface area (Å²) in [6.07, 6.45) is 1.56. The highest BCUT2D eigenvalue weighted by Gasteiger charge is 2.56. The molecule has 1 atom stereocenters. The van der Waals surface area contributed by atoms with E-state index < -0.39 is 30.7 Å². The Morgan fingerprint density at radius 1 is 1.29 bits per heavy atom. The van der Waals surface area contributed by atoms with Crippen molar-refractivity contribution in [2.45, 2.75) is 35.3 Å². The molecule has 21 heavy (non-hydrogen) atoms. The number of sulfone groups is 1. The van der Waals surface area contributed by atoms with E-state index in [1.165, 1.54) is 24.3 Å². The summed E-state index contributed by atoms with van der Waals surface area (Å²) in [5, 5.41) is -0.298. The summed E-state index contributed by atoms with van der Waals surface area (Å²) in [7, 11) is -4.17. The van der Waals surface area contributed by atoms with E-state index >= 15 is 0 Å². The van der Waals surface area contributed by atoms with Gasteiger partial charge in [-0.3, -0.25) is 0 Å². The summed E-state index contributed by atoms with van der Waals surface area (Å²) in [5.74, 6) is 0. The van der Waals surface area contributed by atoms with E-state index in [0.717, 1.165) is 0 Å². The van der Waals surface area contributed by atoms with Crippen LogP contribution in [0.15, 0.2) is 29.2 Å². The van der Waals surface area contributed by atoms with Gasteiger partial charge < -0.3 is 10.1 Å². The van der Waals surface area contributed by atoms with Gasteiger partial charge in [-0.25, -0.2) is 12.6 Å². The lowest BCUT2D eigenvalue weighted by Gasteiger charge is -2.19. The second-order valence-electron chi connectivity index (χ2n) is 4.81. The lowest BCUT2D eigenvalue weighted by atomic mass is 10.1. The molecule has 0 bridgehead atoms. The van der Waals surface area contributed by atoms with E-state index in [4.69, 9.17) is 11.6 Å². The van der Waals surface area contributed by atoms with Crippen LogP contribution in [0.2, 0.25) is 5.02 Å². The molecule has 0 aliphatic heterocycles. The average Bonchev–Trinajstić information content (AvgIpc) is 2.90. The van der Waals surface area contributed by atoms with Crippen molar-refractivity contribution in [3.05, 3.63) is 34.8 Å². The SMILES string of the molecule is [N-]=[N+]=C(C1(S(=O)O)CCCC1)S(=O)(=O)c1ccc(Cl)cc1. The molecule has 1 unspecified atom stereocenters. The van der Waals surface area contributed by atoms with Crippen LogP contribution < -0.4 is 0 Å². The fraction of sp³-hybridized carbons (Fsp3) is 0.417. The molecular formula is C12H13ClN2O4S2. The number of halogens is 1. The molecule has 2 rings (SSSR count). The molecule has 1 aromatic carbocycles. The summed E-state index contributed by atoms with van der Waals surface area (Å²) in [6, 6.07) is 5.32. The average molecular weight is 349 g/mol. The van der Waals surface area contributed by atoms with Crippen LogP contribution in [-0.2, 0) is 20.9 Å². The minimum absolute atomic E-state index is 0.128. The largest absolute Gasteiger partial charge is 0.406 e. The zero-order valence-corrected chi connectivity index (χ0v) is 13.3. The van der Waals surface area contributed by atoms with E-state index in [-0.39, 0.29) is 17.7 Å². The van der Waals surface area contributed by atoms with Crippen molar-refractivity contribution in [3.8, 4) is 0 Å². The summed E-state index contributed by atoms with van der Waals surface area (Å²) in [5.41, 5.74) is 9.19. The van der Waals surface area contributed by atoms with Gasteiger partial charge in [0.1, 0.15) is 0 Å². The van der Waals surface area contributed by atoms with Crippen LogP contribution in [0.5, 0.6) is 0 Å². The van der Waals surface area contributed by atoms with Gasteiger partial charge in [-0.1, -0.05) is 24.4 Å². The lowest BCUT2D eigenvalue weighted by molar-refractivity contribution is -0.00616. The topological polar surface area (TPSA) is 108 Å². The maximum absolute atomic E-state index is 12.6. The molecule has 1 aliphatic rings. The molecule has 1 saturated carbocycles.